The van der Waals surface area contributed by atoms with E-state index in [1.165, 1.54) is 12.5 Å². The largest absolute Gasteiger partial charge is 0.480 e. The number of carboxylic acid groups (broad SMARTS) is 1. The van der Waals surface area contributed by atoms with Crippen LogP contribution >= 0.6 is 0 Å². The summed E-state index contributed by atoms with van der Waals surface area (Å²) in [4.78, 5) is 53.8. The van der Waals surface area contributed by atoms with Gasteiger partial charge in [-0.15, -0.1) is 0 Å². The van der Waals surface area contributed by atoms with E-state index in [9.17, 15) is 24.3 Å². The van der Waals surface area contributed by atoms with Crippen molar-refractivity contribution in [1.82, 2.24) is 25.9 Å². The Morgan fingerprint density at radius 2 is 2.08 bits per heavy atom. The normalized spacial score (nSPS) is 18.7. The number of nitrogens with zero attached hydrogens (tertiary/aromatic N) is 1. The molecular formula is C15H22N6O5. The summed E-state index contributed by atoms with van der Waals surface area (Å²) >= 11 is 0. The molecule has 0 aromatic carbocycles. The maximum atomic E-state index is 12.4. The number of H-pyrrole nitrogens is 1. The second-order valence-corrected chi connectivity index (χ2v) is 6.06. The molecule has 0 bridgehead atoms. The zero-order chi connectivity index (χ0) is 19.1. The molecule has 1 aromatic heterocycles. The topological polar surface area (TPSA) is 179 Å². The molecule has 0 saturated carbocycles. The van der Waals surface area contributed by atoms with Crippen LogP contribution in [0.25, 0.3) is 0 Å². The number of imidazole rings is 1. The van der Waals surface area contributed by atoms with Crippen LogP contribution in [-0.2, 0) is 25.6 Å². The third-order valence-corrected chi connectivity index (χ3v) is 4.01. The molecule has 0 spiro atoms. The molecule has 1 saturated heterocycles. The number of aromatic nitrogens is 2. The summed E-state index contributed by atoms with van der Waals surface area (Å²) in [6, 6.07) is -2.94. The lowest BCUT2D eigenvalue weighted by molar-refractivity contribution is -0.142. The molecule has 3 atom stereocenters. The summed E-state index contributed by atoms with van der Waals surface area (Å²) in [6.07, 6.45) is 3.82. The molecule has 1 aliphatic rings. The van der Waals surface area contributed by atoms with Crippen molar-refractivity contribution in [2.24, 2.45) is 5.73 Å². The van der Waals surface area contributed by atoms with Gasteiger partial charge in [-0.25, -0.2) is 9.78 Å². The van der Waals surface area contributed by atoms with Gasteiger partial charge in [-0.3, -0.25) is 14.4 Å². The van der Waals surface area contributed by atoms with Gasteiger partial charge in [0.2, 0.25) is 17.7 Å². The van der Waals surface area contributed by atoms with Crippen molar-refractivity contribution < 1.29 is 24.3 Å². The molecule has 3 unspecified atom stereocenters. The second kappa shape index (κ2) is 8.94. The average Bonchev–Trinajstić information content (AvgIpc) is 3.26. The van der Waals surface area contributed by atoms with E-state index in [-0.39, 0.29) is 6.42 Å². The predicted molar refractivity (Wildman–Crippen MR) is 88.6 cm³/mol. The molecule has 1 fully saturated rings. The molecule has 142 valence electrons. The van der Waals surface area contributed by atoms with E-state index >= 15 is 0 Å². The Hall–Kier alpha value is -2.95. The first-order valence-electron chi connectivity index (χ1n) is 8.19. The maximum Gasteiger partial charge on any atom is 0.326 e. The molecule has 1 aromatic rings. The molecule has 3 amide bonds. The summed E-state index contributed by atoms with van der Waals surface area (Å²) in [7, 11) is 0. The third kappa shape index (κ3) is 5.55. The molecule has 7 N–H and O–H groups in total. The Morgan fingerprint density at radius 1 is 1.31 bits per heavy atom. The van der Waals surface area contributed by atoms with Crippen LogP contribution in [0.1, 0.15) is 25.0 Å². The number of nitrogens with two attached hydrogens (primary N) is 1. The number of rotatable bonds is 9. The number of primary amides is 1. The van der Waals surface area contributed by atoms with Crippen molar-refractivity contribution in [2.45, 2.75) is 43.8 Å². The zero-order valence-electron chi connectivity index (χ0n) is 14.0. The first-order valence-corrected chi connectivity index (χ1v) is 8.19. The minimum absolute atomic E-state index is 0.0253. The summed E-state index contributed by atoms with van der Waals surface area (Å²) < 4.78 is 0. The van der Waals surface area contributed by atoms with E-state index in [0.29, 0.717) is 18.7 Å². The van der Waals surface area contributed by atoms with Gasteiger partial charge in [0.1, 0.15) is 12.1 Å². The van der Waals surface area contributed by atoms with Crippen LogP contribution in [0.3, 0.4) is 0 Å². The van der Waals surface area contributed by atoms with E-state index in [2.05, 4.69) is 25.9 Å². The molecule has 11 heteroatoms. The smallest absolute Gasteiger partial charge is 0.326 e. The fraction of sp³-hybridized carbons (Fsp3) is 0.533. The highest BCUT2D eigenvalue weighted by Crippen LogP contribution is 2.06. The van der Waals surface area contributed by atoms with Crippen LogP contribution in [0.2, 0.25) is 0 Å². The first kappa shape index (κ1) is 19.4. The van der Waals surface area contributed by atoms with Gasteiger partial charge in [0.05, 0.1) is 18.8 Å². The number of hydrogen-bond donors (Lipinski definition) is 6. The van der Waals surface area contributed by atoms with Crippen molar-refractivity contribution in [3.05, 3.63) is 18.2 Å². The maximum absolute atomic E-state index is 12.4. The van der Waals surface area contributed by atoms with Gasteiger partial charge in [-0.1, -0.05) is 0 Å². The van der Waals surface area contributed by atoms with Gasteiger partial charge in [0.25, 0.3) is 0 Å². The predicted octanol–water partition coefficient (Wildman–Crippen LogP) is -2.37. The second-order valence-electron chi connectivity index (χ2n) is 6.06. The standard InChI is InChI=1S/C15H22N6O5/c16-12(22)5-10(20-13(23)9-2-1-3-18-9)14(24)21-11(15(25)26)4-8-6-17-7-19-8/h6-7,9-11,18H,1-5H2,(H2,16,22)(H,17,19)(H,20,23)(H,21,24)(H,25,26). The molecule has 1 aliphatic heterocycles. The van der Waals surface area contributed by atoms with Gasteiger partial charge in [-0.2, -0.15) is 0 Å². The Kier molecular flexibility index (Phi) is 6.67. The fourth-order valence-electron chi connectivity index (χ4n) is 2.68. The summed E-state index contributed by atoms with van der Waals surface area (Å²) in [6.45, 7) is 0.691. The number of aliphatic carboxylic acids is 1. The number of carbonyl (C=O) groups is 4. The number of aromatic amines is 1. The number of carboxylic acids is 1. The first-order chi connectivity index (χ1) is 12.4. The van der Waals surface area contributed by atoms with Crippen molar-refractivity contribution >= 4 is 23.7 Å². The molecule has 11 nitrogen and oxygen atoms in total. The average molecular weight is 366 g/mol. The summed E-state index contributed by atoms with van der Waals surface area (Å²) in [5.41, 5.74) is 5.66. The van der Waals surface area contributed by atoms with Gasteiger partial charge < -0.3 is 31.8 Å². The minimum atomic E-state index is -1.26. The lowest BCUT2D eigenvalue weighted by atomic mass is 10.1. The molecule has 2 rings (SSSR count). The lowest BCUT2D eigenvalue weighted by Crippen LogP contribution is -2.55. The summed E-state index contributed by atoms with van der Waals surface area (Å²) in [5.74, 6) is -3.26. The van der Waals surface area contributed by atoms with Gasteiger partial charge in [0.15, 0.2) is 0 Å². The quantitative estimate of drug-likeness (QED) is 0.283. The van der Waals surface area contributed by atoms with Crippen molar-refractivity contribution in [1.29, 1.82) is 0 Å². The van der Waals surface area contributed by atoms with E-state index < -0.39 is 48.2 Å². The van der Waals surface area contributed by atoms with Crippen LogP contribution in [0.15, 0.2) is 12.5 Å². The fourth-order valence-corrected chi connectivity index (χ4v) is 2.68. The number of nitrogens with one attached hydrogen (secondary N) is 4. The van der Waals surface area contributed by atoms with E-state index in [1.54, 1.807) is 0 Å². The molecular weight excluding hydrogens is 344 g/mol. The third-order valence-electron chi connectivity index (χ3n) is 4.01. The molecule has 0 aliphatic carbocycles. The Morgan fingerprint density at radius 3 is 2.62 bits per heavy atom. The van der Waals surface area contributed by atoms with Crippen LogP contribution in [0.4, 0.5) is 0 Å². The molecule has 0 radical (unpaired) electrons. The van der Waals surface area contributed by atoms with Crippen LogP contribution in [0, 0.1) is 0 Å². The minimum Gasteiger partial charge on any atom is -0.480 e. The highest BCUT2D eigenvalue weighted by molar-refractivity contribution is 5.94. The number of amides is 3. The van der Waals surface area contributed by atoms with E-state index in [4.69, 9.17) is 5.73 Å². The van der Waals surface area contributed by atoms with Gasteiger partial charge in [-0.05, 0) is 19.4 Å². The monoisotopic (exact) mass is 366 g/mol. The molecule has 26 heavy (non-hydrogen) atoms. The lowest BCUT2D eigenvalue weighted by Gasteiger charge is -2.22. The number of hydrogen-bond acceptors (Lipinski definition) is 6. The molecule has 2 heterocycles. The Bertz CT molecular complexity index is 655. The Balaban J connectivity index is 2.02. The zero-order valence-corrected chi connectivity index (χ0v) is 14.0. The van der Waals surface area contributed by atoms with E-state index in [1.807, 2.05) is 0 Å². The highest BCUT2D eigenvalue weighted by atomic mass is 16.4. The SMILES string of the molecule is NC(=O)CC(NC(=O)C1CCCN1)C(=O)NC(Cc1cnc[nH]1)C(=O)O. The number of carbonyl (C=O) groups excluding carboxylic acids is 3. The van der Waals surface area contributed by atoms with Crippen molar-refractivity contribution in [2.75, 3.05) is 6.54 Å². The van der Waals surface area contributed by atoms with Gasteiger partial charge in [0, 0.05) is 18.3 Å². The summed E-state index contributed by atoms with van der Waals surface area (Å²) in [5, 5.41) is 17.1. The highest BCUT2D eigenvalue weighted by Gasteiger charge is 2.31. The Labute approximate surface area is 149 Å². The van der Waals surface area contributed by atoms with E-state index in [0.717, 1.165) is 6.42 Å². The van der Waals surface area contributed by atoms with Gasteiger partial charge >= 0.3 is 5.97 Å². The van der Waals surface area contributed by atoms with Crippen LogP contribution in [-0.4, -0.2) is 63.4 Å². The van der Waals surface area contributed by atoms with Crippen molar-refractivity contribution in [3.8, 4) is 0 Å². The van der Waals surface area contributed by atoms with Crippen LogP contribution in [0.5, 0.6) is 0 Å². The van der Waals surface area contributed by atoms with Crippen molar-refractivity contribution in [3.63, 3.8) is 0 Å². The van der Waals surface area contributed by atoms with Crippen LogP contribution < -0.4 is 21.7 Å².